The van der Waals surface area contributed by atoms with Gasteiger partial charge in [0.25, 0.3) is 0 Å². The average Bonchev–Trinajstić information content (AvgIpc) is 2.38. The van der Waals surface area contributed by atoms with Crippen molar-refractivity contribution in [1.82, 2.24) is 4.98 Å². The molecule has 1 unspecified atom stereocenters. The van der Waals surface area contributed by atoms with Crippen LogP contribution in [0.25, 0.3) is 0 Å². The summed E-state index contributed by atoms with van der Waals surface area (Å²) in [7, 11) is 1.35. The van der Waals surface area contributed by atoms with E-state index in [-0.39, 0.29) is 5.97 Å². The fraction of sp³-hybridized carbons (Fsp3) is 0.455. The molecule has 7 heteroatoms. The Balaban J connectivity index is 2.15. The topological polar surface area (TPSA) is 77.7 Å². The summed E-state index contributed by atoms with van der Waals surface area (Å²) in [6.07, 6.45) is 1.01. The molecule has 0 spiro atoms. The normalized spacial score (nSPS) is 19.7. The number of carbonyl (C=O) groups excluding carboxylic acids is 1. The van der Waals surface area contributed by atoms with Gasteiger partial charge in [0.05, 0.1) is 36.6 Å². The molecule has 2 N–H and O–H groups in total. The molecule has 2 rings (SSSR count). The highest BCUT2D eigenvalue weighted by Gasteiger charge is 2.28. The molecule has 1 aromatic rings. The van der Waals surface area contributed by atoms with Gasteiger partial charge in [-0.25, -0.2) is 9.78 Å². The summed E-state index contributed by atoms with van der Waals surface area (Å²) in [4.78, 5) is 17.7. The number of methoxy groups -OCH3 is 1. The first kappa shape index (κ1) is 13.1. The standard InChI is InChI=1S/C11H14BrN3O3/c1-17-11(16)9-6-15(2-3-18-9)10-8(12)4-7(13)5-14-10/h4-5,9H,2-3,6,13H2,1H3. The molecule has 1 aliphatic rings. The average molecular weight is 316 g/mol. The lowest BCUT2D eigenvalue weighted by Gasteiger charge is -2.32. The summed E-state index contributed by atoms with van der Waals surface area (Å²) in [5.41, 5.74) is 6.23. The van der Waals surface area contributed by atoms with Gasteiger partial charge in [-0.15, -0.1) is 0 Å². The second kappa shape index (κ2) is 5.53. The molecule has 0 amide bonds. The number of morpholine rings is 1. The quantitative estimate of drug-likeness (QED) is 0.814. The van der Waals surface area contributed by atoms with E-state index in [4.69, 9.17) is 10.5 Å². The lowest BCUT2D eigenvalue weighted by Crippen LogP contribution is -2.47. The smallest absolute Gasteiger partial charge is 0.336 e. The Hall–Kier alpha value is -1.34. The molecule has 0 bridgehead atoms. The predicted octanol–water partition coefficient (Wildman–Crippen LogP) is 0.804. The number of ether oxygens (including phenoxy) is 2. The fourth-order valence-electron chi connectivity index (χ4n) is 1.79. The van der Waals surface area contributed by atoms with Crippen molar-refractivity contribution in [3.8, 4) is 0 Å². The van der Waals surface area contributed by atoms with Crippen molar-refractivity contribution in [2.24, 2.45) is 0 Å². The first-order valence-corrected chi connectivity index (χ1v) is 6.26. The van der Waals surface area contributed by atoms with Crippen molar-refractivity contribution in [1.29, 1.82) is 0 Å². The highest BCUT2D eigenvalue weighted by atomic mass is 79.9. The van der Waals surface area contributed by atoms with Gasteiger partial charge in [-0.1, -0.05) is 0 Å². The number of carbonyl (C=O) groups is 1. The van der Waals surface area contributed by atoms with Crippen LogP contribution in [0.5, 0.6) is 0 Å². The van der Waals surface area contributed by atoms with Crippen molar-refractivity contribution in [2.45, 2.75) is 6.10 Å². The van der Waals surface area contributed by atoms with Crippen molar-refractivity contribution in [2.75, 3.05) is 37.4 Å². The zero-order valence-corrected chi connectivity index (χ0v) is 11.5. The molecule has 18 heavy (non-hydrogen) atoms. The molecule has 1 aromatic heterocycles. The second-order valence-corrected chi connectivity index (χ2v) is 4.76. The van der Waals surface area contributed by atoms with Crippen LogP contribution in [0.3, 0.4) is 0 Å². The third kappa shape index (κ3) is 2.73. The highest BCUT2D eigenvalue weighted by Crippen LogP contribution is 2.26. The highest BCUT2D eigenvalue weighted by molar-refractivity contribution is 9.10. The van der Waals surface area contributed by atoms with Gasteiger partial charge in [-0.3, -0.25) is 0 Å². The Bertz CT molecular complexity index is 455. The number of esters is 1. The van der Waals surface area contributed by atoms with E-state index in [9.17, 15) is 4.79 Å². The largest absolute Gasteiger partial charge is 0.467 e. The van der Waals surface area contributed by atoms with E-state index in [1.165, 1.54) is 7.11 Å². The zero-order chi connectivity index (χ0) is 13.1. The zero-order valence-electron chi connectivity index (χ0n) is 9.93. The molecule has 1 saturated heterocycles. The first-order valence-electron chi connectivity index (χ1n) is 5.47. The first-order chi connectivity index (χ1) is 8.61. The number of hydrogen-bond acceptors (Lipinski definition) is 6. The number of halogens is 1. The SMILES string of the molecule is COC(=O)C1CN(c2ncc(N)cc2Br)CCO1. The summed E-state index contributed by atoms with van der Waals surface area (Å²) in [6.45, 7) is 1.55. The molecule has 1 atom stereocenters. The van der Waals surface area contributed by atoms with Crippen LogP contribution in [0, 0.1) is 0 Å². The van der Waals surface area contributed by atoms with Crippen LogP contribution in [0.2, 0.25) is 0 Å². The van der Waals surface area contributed by atoms with Gasteiger partial charge in [-0.05, 0) is 22.0 Å². The Kier molecular flexibility index (Phi) is 4.03. The van der Waals surface area contributed by atoms with Gasteiger partial charge < -0.3 is 20.1 Å². The predicted molar refractivity (Wildman–Crippen MR) is 70.3 cm³/mol. The molecule has 2 heterocycles. The van der Waals surface area contributed by atoms with E-state index in [1.54, 1.807) is 12.3 Å². The molecule has 98 valence electrons. The fourth-order valence-corrected chi connectivity index (χ4v) is 2.41. The van der Waals surface area contributed by atoms with Gasteiger partial charge in [0.2, 0.25) is 0 Å². The Morgan fingerprint density at radius 3 is 3.17 bits per heavy atom. The Labute approximate surface area is 113 Å². The number of pyridine rings is 1. The van der Waals surface area contributed by atoms with Crippen LogP contribution in [0.4, 0.5) is 11.5 Å². The van der Waals surface area contributed by atoms with Crippen LogP contribution >= 0.6 is 15.9 Å². The summed E-state index contributed by atoms with van der Waals surface area (Å²) < 4.78 is 10.8. The molecular formula is C11H14BrN3O3. The monoisotopic (exact) mass is 315 g/mol. The van der Waals surface area contributed by atoms with E-state index in [0.717, 1.165) is 10.3 Å². The Morgan fingerprint density at radius 1 is 1.72 bits per heavy atom. The van der Waals surface area contributed by atoms with Crippen molar-refractivity contribution in [3.63, 3.8) is 0 Å². The number of nitrogen functional groups attached to an aromatic ring is 1. The molecule has 1 fully saturated rings. The van der Waals surface area contributed by atoms with Crippen LogP contribution in [0.1, 0.15) is 0 Å². The molecule has 6 nitrogen and oxygen atoms in total. The maximum Gasteiger partial charge on any atom is 0.336 e. The van der Waals surface area contributed by atoms with Gasteiger partial charge in [0, 0.05) is 6.54 Å². The minimum absolute atomic E-state index is 0.369. The lowest BCUT2D eigenvalue weighted by molar-refractivity contribution is -0.154. The summed E-state index contributed by atoms with van der Waals surface area (Å²) in [5, 5.41) is 0. The minimum Gasteiger partial charge on any atom is -0.467 e. The number of nitrogens with zero attached hydrogens (tertiary/aromatic N) is 2. The van der Waals surface area contributed by atoms with Crippen LogP contribution < -0.4 is 10.6 Å². The molecule has 0 saturated carbocycles. The molecule has 1 aliphatic heterocycles. The number of anilines is 2. The van der Waals surface area contributed by atoms with Crippen molar-refractivity contribution >= 4 is 33.4 Å². The summed E-state index contributed by atoms with van der Waals surface area (Å²) in [6, 6.07) is 1.78. The maximum atomic E-state index is 11.5. The lowest BCUT2D eigenvalue weighted by atomic mass is 10.2. The van der Waals surface area contributed by atoms with Gasteiger partial charge in [0.15, 0.2) is 6.10 Å². The molecule has 0 aromatic carbocycles. The molecule has 0 radical (unpaired) electrons. The van der Waals surface area contributed by atoms with Gasteiger partial charge in [-0.2, -0.15) is 0 Å². The maximum absolute atomic E-state index is 11.5. The van der Waals surface area contributed by atoms with E-state index >= 15 is 0 Å². The third-order valence-electron chi connectivity index (χ3n) is 2.67. The van der Waals surface area contributed by atoms with Crippen molar-refractivity contribution in [3.05, 3.63) is 16.7 Å². The minimum atomic E-state index is -0.574. The summed E-state index contributed by atoms with van der Waals surface area (Å²) >= 11 is 3.42. The third-order valence-corrected chi connectivity index (χ3v) is 3.26. The van der Waals surface area contributed by atoms with Gasteiger partial charge >= 0.3 is 5.97 Å². The number of aromatic nitrogens is 1. The van der Waals surface area contributed by atoms with E-state index in [2.05, 4.69) is 25.7 Å². The van der Waals surface area contributed by atoms with Gasteiger partial charge in [0.1, 0.15) is 5.82 Å². The molecule has 0 aliphatic carbocycles. The number of rotatable bonds is 2. The number of hydrogen-bond donors (Lipinski definition) is 1. The Morgan fingerprint density at radius 2 is 2.50 bits per heavy atom. The summed E-state index contributed by atoms with van der Waals surface area (Å²) in [5.74, 6) is 0.382. The van der Waals surface area contributed by atoms with Crippen molar-refractivity contribution < 1.29 is 14.3 Å². The van der Waals surface area contributed by atoms with Crippen LogP contribution in [0.15, 0.2) is 16.7 Å². The molecular weight excluding hydrogens is 302 g/mol. The van der Waals surface area contributed by atoms with E-state index in [0.29, 0.717) is 25.4 Å². The van der Waals surface area contributed by atoms with Crippen LogP contribution in [-0.2, 0) is 14.3 Å². The second-order valence-electron chi connectivity index (χ2n) is 3.90. The van der Waals surface area contributed by atoms with E-state index < -0.39 is 6.10 Å². The number of nitrogens with two attached hydrogens (primary N) is 1. The van der Waals surface area contributed by atoms with E-state index in [1.807, 2.05) is 4.90 Å². The van der Waals surface area contributed by atoms with Crippen LogP contribution in [-0.4, -0.2) is 43.9 Å².